The SMILES string of the molecule is NC(CC(=O)O)C(=O)N1CCN(c2ccccc2Cl)CC1. The zero-order chi connectivity index (χ0) is 15.4. The number of carboxylic acid groups (broad SMARTS) is 1. The Bertz CT molecular complexity index is 530. The van der Waals surface area contributed by atoms with Crippen LogP contribution in [0.4, 0.5) is 5.69 Å². The lowest BCUT2D eigenvalue weighted by Gasteiger charge is -2.37. The maximum absolute atomic E-state index is 12.0. The van der Waals surface area contributed by atoms with Crippen LogP contribution < -0.4 is 10.6 Å². The first-order chi connectivity index (χ1) is 9.99. The molecule has 0 bridgehead atoms. The highest BCUT2D eigenvalue weighted by Gasteiger charge is 2.27. The van der Waals surface area contributed by atoms with Crippen molar-refractivity contribution in [2.24, 2.45) is 5.73 Å². The number of carbonyl (C=O) groups is 2. The molecule has 1 aliphatic heterocycles. The van der Waals surface area contributed by atoms with Gasteiger partial charge in [0.2, 0.25) is 5.91 Å². The van der Waals surface area contributed by atoms with Crippen LogP contribution in [0.2, 0.25) is 5.02 Å². The molecule has 0 saturated carbocycles. The highest BCUT2D eigenvalue weighted by Crippen LogP contribution is 2.26. The van der Waals surface area contributed by atoms with Gasteiger partial charge in [-0.25, -0.2) is 0 Å². The molecule has 7 heteroatoms. The average molecular weight is 312 g/mol. The third kappa shape index (κ3) is 3.86. The van der Waals surface area contributed by atoms with Crippen LogP contribution >= 0.6 is 11.6 Å². The molecule has 1 unspecified atom stereocenters. The van der Waals surface area contributed by atoms with Crippen molar-refractivity contribution >= 4 is 29.2 Å². The van der Waals surface area contributed by atoms with E-state index in [1.165, 1.54) is 0 Å². The normalized spacial score (nSPS) is 16.7. The van der Waals surface area contributed by atoms with Gasteiger partial charge in [0.15, 0.2) is 0 Å². The predicted molar refractivity (Wildman–Crippen MR) is 80.5 cm³/mol. The van der Waals surface area contributed by atoms with E-state index in [2.05, 4.69) is 4.90 Å². The number of halogens is 1. The van der Waals surface area contributed by atoms with Crippen LogP contribution in [0.1, 0.15) is 6.42 Å². The fourth-order valence-electron chi connectivity index (χ4n) is 2.39. The van der Waals surface area contributed by atoms with E-state index in [0.717, 1.165) is 5.69 Å². The Hall–Kier alpha value is -1.79. The summed E-state index contributed by atoms with van der Waals surface area (Å²) in [7, 11) is 0. The van der Waals surface area contributed by atoms with Gasteiger partial charge in [-0.1, -0.05) is 23.7 Å². The minimum Gasteiger partial charge on any atom is -0.481 e. The molecule has 0 spiro atoms. The highest BCUT2D eigenvalue weighted by molar-refractivity contribution is 6.33. The third-order valence-corrected chi connectivity index (χ3v) is 3.82. The average Bonchev–Trinajstić information content (AvgIpc) is 2.46. The molecule has 1 saturated heterocycles. The molecule has 1 fully saturated rings. The first-order valence-corrected chi connectivity index (χ1v) is 7.12. The first-order valence-electron chi connectivity index (χ1n) is 6.74. The van der Waals surface area contributed by atoms with E-state index in [0.29, 0.717) is 31.2 Å². The zero-order valence-corrected chi connectivity index (χ0v) is 12.3. The molecule has 21 heavy (non-hydrogen) atoms. The fraction of sp³-hybridized carbons (Fsp3) is 0.429. The molecule has 1 atom stereocenters. The standard InChI is InChI=1S/C14H18ClN3O3/c15-10-3-1-2-4-12(10)17-5-7-18(8-6-17)14(21)11(16)9-13(19)20/h1-4,11H,5-9,16H2,(H,19,20). The number of nitrogens with zero attached hydrogens (tertiary/aromatic N) is 2. The van der Waals surface area contributed by atoms with E-state index >= 15 is 0 Å². The number of para-hydroxylation sites is 1. The van der Waals surface area contributed by atoms with E-state index in [4.69, 9.17) is 22.4 Å². The number of rotatable bonds is 4. The van der Waals surface area contributed by atoms with Gasteiger partial charge in [-0.3, -0.25) is 9.59 Å². The molecule has 0 radical (unpaired) electrons. The molecular weight excluding hydrogens is 294 g/mol. The molecule has 1 amide bonds. The molecule has 114 valence electrons. The minimum absolute atomic E-state index is 0.309. The van der Waals surface area contributed by atoms with Gasteiger partial charge in [0.05, 0.1) is 23.2 Å². The van der Waals surface area contributed by atoms with Crippen LogP contribution in [0, 0.1) is 0 Å². The van der Waals surface area contributed by atoms with Gasteiger partial charge in [0.25, 0.3) is 0 Å². The lowest BCUT2D eigenvalue weighted by Crippen LogP contribution is -2.53. The quantitative estimate of drug-likeness (QED) is 0.858. The van der Waals surface area contributed by atoms with Crippen LogP contribution in [-0.4, -0.2) is 54.1 Å². The number of carbonyl (C=O) groups excluding carboxylic acids is 1. The summed E-state index contributed by atoms with van der Waals surface area (Å²) < 4.78 is 0. The third-order valence-electron chi connectivity index (χ3n) is 3.50. The van der Waals surface area contributed by atoms with Crippen molar-refractivity contribution in [1.82, 2.24) is 4.90 Å². The molecule has 1 aliphatic rings. The number of amides is 1. The van der Waals surface area contributed by atoms with Gasteiger partial charge in [0.1, 0.15) is 0 Å². The van der Waals surface area contributed by atoms with E-state index < -0.39 is 12.0 Å². The number of anilines is 1. The number of piperazine rings is 1. The smallest absolute Gasteiger partial charge is 0.305 e. The van der Waals surface area contributed by atoms with Crippen molar-refractivity contribution in [3.8, 4) is 0 Å². The number of benzene rings is 1. The molecule has 6 nitrogen and oxygen atoms in total. The molecule has 3 N–H and O–H groups in total. The predicted octanol–water partition coefficient (Wildman–Crippen LogP) is 0.791. The van der Waals surface area contributed by atoms with Crippen LogP contribution in [0.25, 0.3) is 0 Å². The maximum atomic E-state index is 12.0. The minimum atomic E-state index is -1.06. The van der Waals surface area contributed by atoms with Gasteiger partial charge in [-0.2, -0.15) is 0 Å². The Labute approximate surface area is 128 Å². The summed E-state index contributed by atoms with van der Waals surface area (Å²) in [5.41, 5.74) is 6.56. The van der Waals surface area contributed by atoms with E-state index in [1.54, 1.807) is 4.90 Å². The summed E-state index contributed by atoms with van der Waals surface area (Å²) in [5.74, 6) is -1.37. The highest BCUT2D eigenvalue weighted by atomic mass is 35.5. The zero-order valence-electron chi connectivity index (χ0n) is 11.5. The van der Waals surface area contributed by atoms with Crippen LogP contribution in [-0.2, 0) is 9.59 Å². The molecule has 0 aromatic heterocycles. The second kappa shape index (κ2) is 6.78. The Kier molecular flexibility index (Phi) is 5.03. The molecule has 1 aromatic carbocycles. The van der Waals surface area contributed by atoms with E-state index in [-0.39, 0.29) is 12.3 Å². The Balaban J connectivity index is 1.93. The fourth-order valence-corrected chi connectivity index (χ4v) is 2.64. The van der Waals surface area contributed by atoms with Crippen molar-refractivity contribution in [1.29, 1.82) is 0 Å². The Morgan fingerprint density at radius 3 is 2.43 bits per heavy atom. The van der Waals surface area contributed by atoms with Crippen molar-refractivity contribution in [2.45, 2.75) is 12.5 Å². The summed E-state index contributed by atoms with van der Waals surface area (Å²) in [5, 5.41) is 9.36. The Morgan fingerprint density at radius 2 is 1.86 bits per heavy atom. The molecule has 1 heterocycles. The van der Waals surface area contributed by atoms with E-state index in [1.807, 2.05) is 24.3 Å². The number of aliphatic carboxylic acids is 1. The summed E-state index contributed by atoms with van der Waals surface area (Å²) >= 11 is 6.16. The second-order valence-electron chi connectivity index (χ2n) is 4.97. The van der Waals surface area contributed by atoms with Gasteiger partial charge < -0.3 is 20.6 Å². The summed E-state index contributed by atoms with van der Waals surface area (Å²) in [6, 6.07) is 6.58. The second-order valence-corrected chi connectivity index (χ2v) is 5.38. The summed E-state index contributed by atoms with van der Waals surface area (Å²) in [4.78, 5) is 26.4. The maximum Gasteiger partial charge on any atom is 0.305 e. The van der Waals surface area contributed by atoms with Crippen LogP contribution in [0.5, 0.6) is 0 Å². The molecule has 1 aromatic rings. The topological polar surface area (TPSA) is 86.9 Å². The van der Waals surface area contributed by atoms with Crippen molar-refractivity contribution < 1.29 is 14.7 Å². The van der Waals surface area contributed by atoms with Gasteiger partial charge in [-0.15, -0.1) is 0 Å². The van der Waals surface area contributed by atoms with Crippen LogP contribution in [0.15, 0.2) is 24.3 Å². The van der Waals surface area contributed by atoms with E-state index in [9.17, 15) is 9.59 Å². The largest absolute Gasteiger partial charge is 0.481 e. The van der Waals surface area contributed by atoms with Crippen molar-refractivity contribution in [3.63, 3.8) is 0 Å². The molecule has 0 aliphatic carbocycles. The van der Waals surface area contributed by atoms with Crippen molar-refractivity contribution in [2.75, 3.05) is 31.1 Å². The monoisotopic (exact) mass is 311 g/mol. The first kappa shape index (κ1) is 15.6. The summed E-state index contributed by atoms with van der Waals surface area (Å²) in [6.07, 6.45) is -0.344. The lowest BCUT2D eigenvalue weighted by atomic mass is 10.1. The van der Waals surface area contributed by atoms with Gasteiger partial charge in [-0.05, 0) is 12.1 Å². The number of hydrogen-bond donors (Lipinski definition) is 2. The molecule has 2 rings (SSSR count). The number of hydrogen-bond acceptors (Lipinski definition) is 4. The number of carboxylic acids is 1. The lowest BCUT2D eigenvalue weighted by molar-refractivity contribution is -0.142. The summed E-state index contributed by atoms with van der Waals surface area (Å²) in [6.45, 7) is 2.32. The van der Waals surface area contributed by atoms with Gasteiger partial charge in [0, 0.05) is 26.2 Å². The molecular formula is C14H18ClN3O3. The van der Waals surface area contributed by atoms with Crippen LogP contribution in [0.3, 0.4) is 0 Å². The Morgan fingerprint density at radius 1 is 1.24 bits per heavy atom. The van der Waals surface area contributed by atoms with Crippen molar-refractivity contribution in [3.05, 3.63) is 29.3 Å². The van der Waals surface area contributed by atoms with Gasteiger partial charge >= 0.3 is 5.97 Å². The number of nitrogens with two attached hydrogens (primary N) is 1.